The van der Waals surface area contributed by atoms with Crippen molar-refractivity contribution in [2.24, 2.45) is 5.41 Å². The summed E-state index contributed by atoms with van der Waals surface area (Å²) in [5.74, 6) is 0.259. The normalized spacial score (nSPS) is 22.2. The van der Waals surface area contributed by atoms with Crippen LogP contribution in [0.15, 0.2) is 18.5 Å². The minimum atomic E-state index is 0.196. The van der Waals surface area contributed by atoms with E-state index in [-0.39, 0.29) is 11.3 Å². The highest BCUT2D eigenvalue weighted by atomic mass is 35.5. The number of nitrogens with zero attached hydrogens (tertiary/aromatic N) is 2. The van der Waals surface area contributed by atoms with Gasteiger partial charge in [0.2, 0.25) is 5.91 Å². The van der Waals surface area contributed by atoms with Crippen LogP contribution in [0.4, 0.5) is 0 Å². The first-order chi connectivity index (χ1) is 9.19. The predicted octanol–water partition coefficient (Wildman–Crippen LogP) is 1.84. The van der Waals surface area contributed by atoms with Crippen LogP contribution in [0.25, 0.3) is 0 Å². The molecule has 102 valence electrons. The van der Waals surface area contributed by atoms with Gasteiger partial charge in [0.25, 0.3) is 0 Å². The number of nitrogens with one attached hydrogen (secondary N) is 1. The summed E-state index contributed by atoms with van der Waals surface area (Å²) in [4.78, 5) is 18.1. The molecule has 2 fully saturated rings. The average molecular weight is 280 g/mol. The van der Waals surface area contributed by atoms with Crippen LogP contribution in [-0.2, 0) is 11.3 Å². The summed E-state index contributed by atoms with van der Waals surface area (Å²) >= 11 is 6.12. The van der Waals surface area contributed by atoms with Crippen LogP contribution in [-0.4, -0.2) is 35.4 Å². The zero-order valence-electron chi connectivity index (χ0n) is 10.9. The number of carbonyl (C=O) groups excluding carboxylic acids is 1. The smallest absolute Gasteiger partial charge is 0.223 e. The van der Waals surface area contributed by atoms with E-state index in [1.165, 1.54) is 0 Å². The van der Waals surface area contributed by atoms with Gasteiger partial charge in [-0.25, -0.2) is 0 Å². The number of aromatic nitrogens is 1. The molecule has 1 N–H and O–H groups in total. The van der Waals surface area contributed by atoms with E-state index in [0.717, 1.165) is 38.0 Å². The number of rotatable bonds is 2. The third-order valence-electron chi connectivity index (χ3n) is 4.29. The van der Waals surface area contributed by atoms with Crippen molar-refractivity contribution < 1.29 is 4.79 Å². The van der Waals surface area contributed by atoms with E-state index in [2.05, 4.69) is 10.3 Å². The zero-order chi connectivity index (χ0) is 13.3. The van der Waals surface area contributed by atoms with Gasteiger partial charge < -0.3 is 10.2 Å². The SMILES string of the molecule is O=C1CC2(CCNCC2)CN1Cc1ccncc1Cl. The fourth-order valence-corrected chi connectivity index (χ4v) is 3.33. The average Bonchev–Trinajstić information content (AvgIpc) is 2.69. The van der Waals surface area contributed by atoms with Gasteiger partial charge in [0.1, 0.15) is 0 Å². The summed E-state index contributed by atoms with van der Waals surface area (Å²) in [5, 5.41) is 4.01. The highest BCUT2D eigenvalue weighted by Crippen LogP contribution is 2.40. The summed E-state index contributed by atoms with van der Waals surface area (Å²) < 4.78 is 0. The van der Waals surface area contributed by atoms with Crippen molar-refractivity contribution in [2.75, 3.05) is 19.6 Å². The molecule has 2 saturated heterocycles. The van der Waals surface area contributed by atoms with Crippen molar-refractivity contribution in [3.8, 4) is 0 Å². The highest BCUT2D eigenvalue weighted by molar-refractivity contribution is 6.31. The Balaban J connectivity index is 1.72. The first-order valence-corrected chi connectivity index (χ1v) is 7.13. The largest absolute Gasteiger partial charge is 0.338 e. The molecule has 0 bridgehead atoms. The fourth-order valence-electron chi connectivity index (χ4n) is 3.16. The topological polar surface area (TPSA) is 45.2 Å². The predicted molar refractivity (Wildman–Crippen MR) is 73.8 cm³/mol. The quantitative estimate of drug-likeness (QED) is 0.898. The summed E-state index contributed by atoms with van der Waals surface area (Å²) in [6.07, 6.45) is 6.25. The van der Waals surface area contributed by atoms with E-state index >= 15 is 0 Å². The number of carbonyl (C=O) groups is 1. The molecule has 0 aromatic carbocycles. The fraction of sp³-hybridized carbons (Fsp3) is 0.571. The molecule has 0 saturated carbocycles. The maximum atomic E-state index is 12.2. The lowest BCUT2D eigenvalue weighted by Crippen LogP contribution is -2.38. The van der Waals surface area contributed by atoms with Crippen molar-refractivity contribution in [1.29, 1.82) is 0 Å². The van der Waals surface area contributed by atoms with Gasteiger partial charge in [-0.3, -0.25) is 9.78 Å². The summed E-state index contributed by atoms with van der Waals surface area (Å²) in [6.45, 7) is 3.52. The third-order valence-corrected chi connectivity index (χ3v) is 4.63. The molecule has 3 heterocycles. The molecule has 3 rings (SSSR count). The molecule has 1 spiro atoms. The zero-order valence-corrected chi connectivity index (χ0v) is 11.6. The van der Waals surface area contributed by atoms with E-state index in [1.54, 1.807) is 12.4 Å². The molecule has 0 atom stereocenters. The van der Waals surface area contributed by atoms with Gasteiger partial charge in [0.05, 0.1) is 5.02 Å². The second-order valence-electron chi connectivity index (χ2n) is 5.64. The summed E-state index contributed by atoms with van der Waals surface area (Å²) in [7, 11) is 0. The Kier molecular flexibility index (Phi) is 3.46. The minimum absolute atomic E-state index is 0.196. The molecule has 4 nitrogen and oxygen atoms in total. The lowest BCUT2D eigenvalue weighted by molar-refractivity contribution is -0.128. The number of amides is 1. The lowest BCUT2D eigenvalue weighted by atomic mass is 9.78. The Bertz CT molecular complexity index is 485. The number of likely N-dealkylation sites (tertiary alicyclic amines) is 1. The van der Waals surface area contributed by atoms with Crippen LogP contribution in [0.3, 0.4) is 0 Å². The van der Waals surface area contributed by atoms with Gasteiger partial charge in [-0.15, -0.1) is 0 Å². The Hall–Kier alpha value is -1.13. The molecule has 1 aromatic heterocycles. The van der Waals surface area contributed by atoms with Crippen molar-refractivity contribution in [2.45, 2.75) is 25.8 Å². The second kappa shape index (κ2) is 5.10. The molecular formula is C14H18ClN3O. The van der Waals surface area contributed by atoms with Gasteiger partial charge in [-0.05, 0) is 43.0 Å². The maximum absolute atomic E-state index is 12.2. The second-order valence-corrected chi connectivity index (χ2v) is 6.05. The Morgan fingerprint density at radius 1 is 1.42 bits per heavy atom. The minimum Gasteiger partial charge on any atom is -0.338 e. The van der Waals surface area contributed by atoms with Gasteiger partial charge in [-0.1, -0.05) is 11.6 Å². The highest BCUT2D eigenvalue weighted by Gasteiger charge is 2.43. The maximum Gasteiger partial charge on any atom is 0.223 e. The Labute approximate surface area is 118 Å². The molecule has 5 heteroatoms. The van der Waals surface area contributed by atoms with Crippen LogP contribution in [0.2, 0.25) is 5.02 Å². The number of hydrogen-bond donors (Lipinski definition) is 1. The van der Waals surface area contributed by atoms with E-state index in [1.807, 2.05) is 11.0 Å². The molecule has 1 aromatic rings. The molecule has 2 aliphatic heterocycles. The molecule has 0 radical (unpaired) electrons. The molecule has 0 aliphatic carbocycles. The Morgan fingerprint density at radius 3 is 2.95 bits per heavy atom. The van der Waals surface area contributed by atoms with Gasteiger partial charge in [0, 0.05) is 31.9 Å². The lowest BCUT2D eigenvalue weighted by Gasteiger charge is -2.33. The van der Waals surface area contributed by atoms with Crippen LogP contribution < -0.4 is 5.32 Å². The molecule has 0 unspecified atom stereocenters. The van der Waals surface area contributed by atoms with Crippen LogP contribution >= 0.6 is 11.6 Å². The van der Waals surface area contributed by atoms with E-state index in [9.17, 15) is 4.79 Å². The van der Waals surface area contributed by atoms with Gasteiger partial charge in [-0.2, -0.15) is 0 Å². The van der Waals surface area contributed by atoms with E-state index in [0.29, 0.717) is 18.0 Å². The van der Waals surface area contributed by atoms with Crippen molar-refractivity contribution in [1.82, 2.24) is 15.2 Å². The number of piperidine rings is 1. The molecular weight excluding hydrogens is 262 g/mol. The van der Waals surface area contributed by atoms with Crippen LogP contribution in [0.5, 0.6) is 0 Å². The van der Waals surface area contributed by atoms with Crippen LogP contribution in [0.1, 0.15) is 24.8 Å². The molecule has 1 amide bonds. The first-order valence-electron chi connectivity index (χ1n) is 6.75. The third kappa shape index (κ3) is 2.60. The van der Waals surface area contributed by atoms with Crippen molar-refractivity contribution >= 4 is 17.5 Å². The van der Waals surface area contributed by atoms with Gasteiger partial charge >= 0.3 is 0 Å². The van der Waals surface area contributed by atoms with Crippen molar-refractivity contribution in [3.63, 3.8) is 0 Å². The monoisotopic (exact) mass is 279 g/mol. The summed E-state index contributed by atoms with van der Waals surface area (Å²) in [5.41, 5.74) is 1.18. The van der Waals surface area contributed by atoms with E-state index in [4.69, 9.17) is 11.6 Å². The van der Waals surface area contributed by atoms with Crippen molar-refractivity contribution in [3.05, 3.63) is 29.0 Å². The number of halogens is 1. The first kappa shape index (κ1) is 12.9. The standard InChI is InChI=1S/C14H18ClN3O/c15-12-8-17-4-1-11(12)9-18-10-14(7-13(18)19)2-5-16-6-3-14/h1,4,8,16H,2-3,5-7,9-10H2. The Morgan fingerprint density at radius 2 is 2.21 bits per heavy atom. The summed E-state index contributed by atoms with van der Waals surface area (Å²) in [6, 6.07) is 1.89. The van der Waals surface area contributed by atoms with Crippen LogP contribution in [0, 0.1) is 5.41 Å². The number of hydrogen-bond acceptors (Lipinski definition) is 3. The van der Waals surface area contributed by atoms with Gasteiger partial charge in [0.15, 0.2) is 0 Å². The van der Waals surface area contributed by atoms with E-state index < -0.39 is 0 Å². The number of pyridine rings is 1. The molecule has 19 heavy (non-hydrogen) atoms. The molecule has 2 aliphatic rings.